The fourth-order valence-corrected chi connectivity index (χ4v) is 2.57. The lowest BCUT2D eigenvalue weighted by molar-refractivity contribution is -0.153. The number of guanidine groups is 1. The van der Waals surface area contributed by atoms with Gasteiger partial charge >= 0.3 is 6.18 Å². The Morgan fingerprint density at radius 1 is 1.28 bits per heavy atom. The van der Waals surface area contributed by atoms with Crippen molar-refractivity contribution in [3.63, 3.8) is 0 Å². The zero-order valence-corrected chi connectivity index (χ0v) is 17.2. The molecule has 0 spiro atoms. The minimum Gasteiger partial charge on any atom is -0.493 e. The van der Waals surface area contributed by atoms with E-state index in [2.05, 4.69) is 10.3 Å². The van der Waals surface area contributed by atoms with Crippen LogP contribution in [0.2, 0.25) is 0 Å². The summed E-state index contributed by atoms with van der Waals surface area (Å²) in [5.41, 5.74) is 0.801. The average molecular weight is 417 g/mol. The van der Waals surface area contributed by atoms with E-state index in [4.69, 9.17) is 14.2 Å². The van der Waals surface area contributed by atoms with Crippen molar-refractivity contribution >= 4 is 5.96 Å². The number of aliphatic imine (C=N–C) groups is 1. The molecular formula is C20H30F3N3O3. The number of nitrogens with one attached hydrogen (secondary N) is 1. The maximum atomic E-state index is 12.4. The van der Waals surface area contributed by atoms with Crippen molar-refractivity contribution in [1.82, 2.24) is 10.2 Å². The number of benzene rings is 1. The maximum absolute atomic E-state index is 12.4. The van der Waals surface area contributed by atoms with Crippen LogP contribution in [0.1, 0.15) is 25.3 Å². The highest BCUT2D eigenvalue weighted by Gasteiger charge is 2.29. The molecule has 1 N–H and O–H groups in total. The molecule has 1 fully saturated rings. The van der Waals surface area contributed by atoms with Crippen molar-refractivity contribution < 1.29 is 27.4 Å². The summed E-state index contributed by atoms with van der Waals surface area (Å²) in [6.45, 7) is 3.87. The zero-order chi connectivity index (χ0) is 21.3. The molecule has 2 rings (SSSR count). The average Bonchev–Trinajstić information content (AvgIpc) is 3.50. The molecule has 0 atom stereocenters. The number of halogens is 3. The summed E-state index contributed by atoms with van der Waals surface area (Å²) in [5.74, 6) is 1.77. The first kappa shape index (κ1) is 23.1. The van der Waals surface area contributed by atoms with E-state index < -0.39 is 12.8 Å². The molecule has 0 aromatic heterocycles. The van der Waals surface area contributed by atoms with Crippen LogP contribution in [0.15, 0.2) is 23.2 Å². The van der Waals surface area contributed by atoms with Gasteiger partial charge in [0, 0.05) is 26.7 Å². The Balaban J connectivity index is 1.93. The fraction of sp³-hybridized carbons (Fsp3) is 0.650. The van der Waals surface area contributed by atoms with Crippen molar-refractivity contribution in [3.8, 4) is 11.5 Å². The van der Waals surface area contributed by atoms with Gasteiger partial charge in [-0.1, -0.05) is 6.07 Å². The lowest BCUT2D eigenvalue weighted by atomic mass is 10.2. The van der Waals surface area contributed by atoms with Gasteiger partial charge in [0.05, 0.1) is 20.3 Å². The van der Waals surface area contributed by atoms with Crippen LogP contribution in [0.25, 0.3) is 0 Å². The predicted molar refractivity (Wildman–Crippen MR) is 106 cm³/mol. The lowest BCUT2D eigenvalue weighted by Crippen LogP contribution is -2.40. The molecule has 29 heavy (non-hydrogen) atoms. The van der Waals surface area contributed by atoms with E-state index >= 15 is 0 Å². The number of alkyl halides is 3. The van der Waals surface area contributed by atoms with Gasteiger partial charge in [-0.25, -0.2) is 4.99 Å². The number of likely N-dealkylation sites (N-methyl/N-ethyl adjacent to an activating group) is 1. The van der Waals surface area contributed by atoms with E-state index in [9.17, 15) is 13.2 Å². The van der Waals surface area contributed by atoms with Crippen molar-refractivity contribution in [3.05, 3.63) is 23.8 Å². The SMILES string of the molecule is CCNC(=NCc1ccc(OCC(F)(F)F)c(OC)c1)N(C)CCOCC1CC1. The maximum Gasteiger partial charge on any atom is 0.422 e. The van der Waals surface area contributed by atoms with Gasteiger partial charge in [0.2, 0.25) is 0 Å². The Morgan fingerprint density at radius 3 is 2.66 bits per heavy atom. The van der Waals surface area contributed by atoms with Crippen LogP contribution < -0.4 is 14.8 Å². The molecule has 1 aromatic carbocycles. The largest absolute Gasteiger partial charge is 0.493 e. The topological polar surface area (TPSA) is 55.3 Å². The molecular weight excluding hydrogens is 387 g/mol. The number of rotatable bonds is 11. The quantitative estimate of drug-likeness (QED) is 0.340. The third-order valence-corrected chi connectivity index (χ3v) is 4.35. The molecule has 6 nitrogen and oxygen atoms in total. The van der Waals surface area contributed by atoms with Gasteiger partial charge in [-0.05, 0) is 43.4 Å². The van der Waals surface area contributed by atoms with Gasteiger partial charge in [-0.2, -0.15) is 13.2 Å². The molecule has 1 aliphatic carbocycles. The number of hydrogen-bond acceptors (Lipinski definition) is 4. The summed E-state index contributed by atoms with van der Waals surface area (Å²) in [4.78, 5) is 6.59. The van der Waals surface area contributed by atoms with Crippen molar-refractivity contribution in [2.24, 2.45) is 10.9 Å². The van der Waals surface area contributed by atoms with Gasteiger partial charge < -0.3 is 24.4 Å². The van der Waals surface area contributed by atoms with Crippen LogP contribution in [0.5, 0.6) is 11.5 Å². The first-order chi connectivity index (χ1) is 13.8. The number of hydrogen-bond donors (Lipinski definition) is 1. The van der Waals surface area contributed by atoms with Gasteiger partial charge in [-0.15, -0.1) is 0 Å². The molecule has 9 heteroatoms. The molecule has 0 amide bonds. The highest BCUT2D eigenvalue weighted by molar-refractivity contribution is 5.79. The van der Waals surface area contributed by atoms with E-state index in [1.165, 1.54) is 26.0 Å². The van der Waals surface area contributed by atoms with Crippen molar-refractivity contribution in [2.45, 2.75) is 32.5 Å². The second kappa shape index (κ2) is 11.1. The van der Waals surface area contributed by atoms with Crippen LogP contribution in [0, 0.1) is 5.92 Å². The second-order valence-corrected chi connectivity index (χ2v) is 7.00. The normalized spacial score (nSPS) is 14.6. The summed E-state index contributed by atoms with van der Waals surface area (Å²) in [6, 6.07) is 4.79. The van der Waals surface area contributed by atoms with Gasteiger partial charge in [0.15, 0.2) is 24.1 Å². The summed E-state index contributed by atoms with van der Waals surface area (Å²) in [6.07, 6.45) is -1.87. The molecule has 0 unspecified atom stereocenters. The van der Waals surface area contributed by atoms with Gasteiger partial charge in [0.1, 0.15) is 0 Å². The van der Waals surface area contributed by atoms with Gasteiger partial charge in [0.25, 0.3) is 0 Å². The standard InChI is InChI=1S/C20H30F3N3O3/c1-4-24-19(26(2)9-10-28-13-15-5-6-15)25-12-16-7-8-17(18(11-16)27-3)29-14-20(21,22)23/h7-8,11,15H,4-6,9-10,12-14H2,1-3H3,(H,24,25). The first-order valence-electron chi connectivity index (χ1n) is 9.76. The summed E-state index contributed by atoms with van der Waals surface area (Å²) in [5, 5.41) is 3.23. The Morgan fingerprint density at radius 2 is 2.03 bits per heavy atom. The molecule has 0 heterocycles. The smallest absolute Gasteiger partial charge is 0.422 e. The van der Waals surface area contributed by atoms with Crippen LogP contribution in [0.4, 0.5) is 13.2 Å². The van der Waals surface area contributed by atoms with Crippen LogP contribution in [0.3, 0.4) is 0 Å². The van der Waals surface area contributed by atoms with Crippen LogP contribution in [-0.4, -0.2) is 64.1 Å². The number of ether oxygens (including phenoxy) is 3. The Labute approximate surface area is 170 Å². The third kappa shape index (κ3) is 8.81. The summed E-state index contributed by atoms with van der Waals surface area (Å²) in [7, 11) is 3.33. The minimum atomic E-state index is -4.40. The predicted octanol–water partition coefficient (Wildman–Crippen LogP) is 3.46. The van der Waals surface area contributed by atoms with E-state index in [-0.39, 0.29) is 11.5 Å². The van der Waals surface area contributed by atoms with Crippen LogP contribution in [-0.2, 0) is 11.3 Å². The van der Waals surface area contributed by atoms with E-state index in [0.29, 0.717) is 19.7 Å². The molecule has 1 saturated carbocycles. The highest BCUT2D eigenvalue weighted by atomic mass is 19.4. The van der Waals surface area contributed by atoms with E-state index in [1.807, 2.05) is 18.9 Å². The first-order valence-corrected chi connectivity index (χ1v) is 9.76. The van der Waals surface area contributed by atoms with E-state index in [0.717, 1.165) is 30.6 Å². The third-order valence-electron chi connectivity index (χ3n) is 4.35. The lowest BCUT2D eigenvalue weighted by Gasteiger charge is -2.22. The van der Waals surface area contributed by atoms with Crippen molar-refractivity contribution in [2.75, 3.05) is 47.1 Å². The molecule has 164 valence electrons. The Hall–Kier alpha value is -2.16. The number of methoxy groups -OCH3 is 1. The molecule has 1 aromatic rings. The number of nitrogens with zero attached hydrogens (tertiary/aromatic N) is 2. The molecule has 0 bridgehead atoms. The fourth-order valence-electron chi connectivity index (χ4n) is 2.57. The van der Waals surface area contributed by atoms with Crippen molar-refractivity contribution in [1.29, 1.82) is 0 Å². The van der Waals surface area contributed by atoms with Crippen LogP contribution >= 0.6 is 0 Å². The molecule has 1 aliphatic rings. The Bertz CT molecular complexity index is 664. The molecule has 0 saturated heterocycles. The molecule has 0 aliphatic heterocycles. The van der Waals surface area contributed by atoms with E-state index in [1.54, 1.807) is 12.1 Å². The summed E-state index contributed by atoms with van der Waals surface area (Å²) < 4.78 is 52.7. The van der Waals surface area contributed by atoms with Gasteiger partial charge in [-0.3, -0.25) is 0 Å². The monoisotopic (exact) mass is 417 g/mol. The summed E-state index contributed by atoms with van der Waals surface area (Å²) >= 11 is 0. The minimum absolute atomic E-state index is 0.0504. The highest BCUT2D eigenvalue weighted by Crippen LogP contribution is 2.30. The molecule has 0 radical (unpaired) electrons. The zero-order valence-electron chi connectivity index (χ0n) is 17.2. The Kier molecular flexibility index (Phi) is 8.88. The second-order valence-electron chi connectivity index (χ2n) is 7.00.